The highest BCUT2D eigenvalue weighted by atomic mass is 35.5. The van der Waals surface area contributed by atoms with Gasteiger partial charge in [-0.1, -0.05) is 17.7 Å². The first-order chi connectivity index (χ1) is 9.20. The summed E-state index contributed by atoms with van der Waals surface area (Å²) in [6.45, 7) is 0. The summed E-state index contributed by atoms with van der Waals surface area (Å²) < 4.78 is 0. The van der Waals surface area contributed by atoms with Gasteiger partial charge in [0, 0.05) is 6.04 Å². The Morgan fingerprint density at radius 2 is 1.89 bits per heavy atom. The Labute approximate surface area is 120 Å². The highest BCUT2D eigenvalue weighted by Gasteiger charge is 2.19. The third kappa shape index (κ3) is 2.93. The molecule has 2 aromatic rings. The van der Waals surface area contributed by atoms with Crippen molar-refractivity contribution in [2.24, 2.45) is 0 Å². The fourth-order valence-corrected chi connectivity index (χ4v) is 2.12. The molecule has 19 heavy (non-hydrogen) atoms. The summed E-state index contributed by atoms with van der Waals surface area (Å²) in [4.78, 5) is 16.6. The zero-order valence-corrected chi connectivity index (χ0v) is 11.5. The van der Waals surface area contributed by atoms with Gasteiger partial charge in [0.25, 0.3) is 0 Å². The van der Waals surface area contributed by atoms with Gasteiger partial charge in [-0.3, -0.25) is 0 Å². The lowest BCUT2D eigenvalue weighted by Gasteiger charge is -2.26. The van der Waals surface area contributed by atoms with Crippen molar-refractivity contribution in [2.45, 2.75) is 25.3 Å². The number of halogens is 2. The minimum absolute atomic E-state index is 0.147. The van der Waals surface area contributed by atoms with E-state index in [0.717, 1.165) is 12.8 Å². The van der Waals surface area contributed by atoms with Crippen LogP contribution in [0.25, 0.3) is 11.5 Å². The van der Waals surface area contributed by atoms with Crippen molar-refractivity contribution in [1.82, 2.24) is 19.9 Å². The van der Waals surface area contributed by atoms with Gasteiger partial charge >= 0.3 is 0 Å². The molecule has 0 saturated heterocycles. The van der Waals surface area contributed by atoms with E-state index in [4.69, 9.17) is 23.2 Å². The fraction of sp³-hybridized carbons (Fsp3) is 0.333. The average molecular weight is 296 g/mol. The lowest BCUT2D eigenvalue weighted by Crippen LogP contribution is -2.28. The second kappa shape index (κ2) is 5.27. The molecule has 0 bridgehead atoms. The van der Waals surface area contributed by atoms with Crippen LogP contribution >= 0.6 is 23.2 Å². The molecule has 1 aliphatic rings. The summed E-state index contributed by atoms with van der Waals surface area (Å²) in [5.74, 6) is 0.908. The van der Waals surface area contributed by atoms with E-state index in [9.17, 15) is 0 Å². The zero-order chi connectivity index (χ0) is 13.2. The quantitative estimate of drug-likeness (QED) is 0.881. The summed E-state index contributed by atoms with van der Waals surface area (Å²) in [6, 6.07) is 5.70. The van der Waals surface area contributed by atoms with Gasteiger partial charge in [0.05, 0.1) is 0 Å². The molecular formula is C12H11Cl2N5. The Balaban J connectivity index is 1.92. The van der Waals surface area contributed by atoms with E-state index in [1.54, 1.807) is 18.2 Å². The van der Waals surface area contributed by atoms with Crippen molar-refractivity contribution in [2.75, 3.05) is 5.32 Å². The molecule has 1 aliphatic carbocycles. The Hall–Kier alpha value is -1.46. The number of hydrogen-bond acceptors (Lipinski definition) is 5. The van der Waals surface area contributed by atoms with E-state index in [-0.39, 0.29) is 5.28 Å². The van der Waals surface area contributed by atoms with Crippen molar-refractivity contribution in [3.8, 4) is 11.5 Å². The van der Waals surface area contributed by atoms with Crippen LogP contribution in [0.1, 0.15) is 19.3 Å². The van der Waals surface area contributed by atoms with Crippen LogP contribution < -0.4 is 5.32 Å². The molecule has 1 fully saturated rings. The Kier molecular flexibility index (Phi) is 3.48. The lowest BCUT2D eigenvalue weighted by molar-refractivity contribution is 0.443. The zero-order valence-electron chi connectivity index (χ0n) is 9.98. The fourth-order valence-electron chi connectivity index (χ4n) is 1.80. The van der Waals surface area contributed by atoms with Crippen molar-refractivity contribution in [3.05, 3.63) is 28.6 Å². The van der Waals surface area contributed by atoms with Gasteiger partial charge in [-0.2, -0.15) is 15.0 Å². The molecule has 0 aromatic carbocycles. The number of aromatic nitrogens is 4. The predicted molar refractivity (Wildman–Crippen MR) is 74.3 cm³/mol. The van der Waals surface area contributed by atoms with Crippen molar-refractivity contribution in [1.29, 1.82) is 0 Å². The monoisotopic (exact) mass is 295 g/mol. The molecule has 0 amide bonds. The van der Waals surface area contributed by atoms with Crippen LogP contribution in [0.15, 0.2) is 18.2 Å². The molecule has 0 aliphatic heterocycles. The molecule has 3 rings (SSSR count). The van der Waals surface area contributed by atoms with Gasteiger partial charge in [-0.05, 0) is 43.0 Å². The van der Waals surface area contributed by atoms with E-state index in [0.29, 0.717) is 28.7 Å². The largest absolute Gasteiger partial charge is 0.351 e. The Morgan fingerprint density at radius 3 is 2.58 bits per heavy atom. The topological polar surface area (TPSA) is 63.6 Å². The Bertz CT molecular complexity index is 600. The number of nitrogens with one attached hydrogen (secondary N) is 1. The highest BCUT2D eigenvalue weighted by molar-refractivity contribution is 6.29. The van der Waals surface area contributed by atoms with Crippen LogP contribution in [0, 0.1) is 0 Å². The molecule has 0 radical (unpaired) electrons. The van der Waals surface area contributed by atoms with Gasteiger partial charge in [-0.15, -0.1) is 0 Å². The molecule has 1 saturated carbocycles. The van der Waals surface area contributed by atoms with E-state index in [1.807, 2.05) is 0 Å². The normalized spacial score (nSPS) is 15.1. The summed E-state index contributed by atoms with van der Waals surface area (Å²) in [7, 11) is 0. The molecule has 2 aromatic heterocycles. The average Bonchev–Trinajstić information content (AvgIpc) is 2.33. The van der Waals surface area contributed by atoms with Crippen molar-refractivity contribution >= 4 is 29.2 Å². The standard InChI is InChI=1S/C12H11Cl2N5/c13-9-6-2-5-8(16-9)10-17-11(14)19-12(18-10)15-7-3-1-4-7/h2,5-7H,1,3-4H2,(H,15,17,18,19). The summed E-state index contributed by atoms with van der Waals surface area (Å²) >= 11 is 11.8. The van der Waals surface area contributed by atoms with Gasteiger partial charge in [0.2, 0.25) is 11.2 Å². The van der Waals surface area contributed by atoms with Crippen LogP contribution in [-0.4, -0.2) is 26.0 Å². The summed E-state index contributed by atoms with van der Waals surface area (Å²) in [6.07, 6.45) is 3.50. The number of hydrogen-bond donors (Lipinski definition) is 1. The Morgan fingerprint density at radius 1 is 1.05 bits per heavy atom. The van der Waals surface area contributed by atoms with Crippen molar-refractivity contribution in [3.63, 3.8) is 0 Å². The van der Waals surface area contributed by atoms with Crippen LogP contribution in [0.4, 0.5) is 5.95 Å². The van der Waals surface area contributed by atoms with E-state index in [1.165, 1.54) is 6.42 Å². The molecule has 1 N–H and O–H groups in total. The maximum Gasteiger partial charge on any atom is 0.227 e. The SMILES string of the molecule is Clc1cccc(-c2nc(Cl)nc(NC3CCC3)n2)n1. The van der Waals surface area contributed by atoms with E-state index < -0.39 is 0 Å². The molecule has 0 unspecified atom stereocenters. The molecule has 0 atom stereocenters. The molecule has 0 spiro atoms. The molecule has 7 heteroatoms. The summed E-state index contributed by atoms with van der Waals surface area (Å²) in [5, 5.41) is 3.77. The smallest absolute Gasteiger partial charge is 0.227 e. The lowest BCUT2D eigenvalue weighted by atomic mass is 9.93. The first kappa shape index (κ1) is 12.6. The number of pyridine rings is 1. The van der Waals surface area contributed by atoms with Crippen LogP contribution in [-0.2, 0) is 0 Å². The molecule has 5 nitrogen and oxygen atoms in total. The number of rotatable bonds is 3. The second-order valence-electron chi connectivity index (χ2n) is 4.37. The first-order valence-electron chi connectivity index (χ1n) is 6.02. The third-order valence-corrected chi connectivity index (χ3v) is 3.37. The minimum Gasteiger partial charge on any atom is -0.351 e. The third-order valence-electron chi connectivity index (χ3n) is 2.99. The minimum atomic E-state index is 0.147. The van der Waals surface area contributed by atoms with Crippen molar-refractivity contribution < 1.29 is 0 Å². The van der Waals surface area contributed by atoms with Gasteiger partial charge in [0.15, 0.2) is 5.82 Å². The first-order valence-corrected chi connectivity index (χ1v) is 6.77. The van der Waals surface area contributed by atoms with Crippen LogP contribution in [0.2, 0.25) is 10.4 Å². The van der Waals surface area contributed by atoms with E-state index >= 15 is 0 Å². The van der Waals surface area contributed by atoms with Crippen LogP contribution in [0.5, 0.6) is 0 Å². The summed E-state index contributed by atoms with van der Waals surface area (Å²) in [5.41, 5.74) is 0.577. The van der Waals surface area contributed by atoms with Gasteiger partial charge < -0.3 is 5.32 Å². The van der Waals surface area contributed by atoms with E-state index in [2.05, 4.69) is 25.3 Å². The molecule has 98 valence electrons. The maximum atomic E-state index is 5.92. The maximum absolute atomic E-state index is 5.92. The van der Waals surface area contributed by atoms with Crippen LogP contribution in [0.3, 0.4) is 0 Å². The molecule has 2 heterocycles. The number of nitrogens with zero attached hydrogens (tertiary/aromatic N) is 4. The second-order valence-corrected chi connectivity index (χ2v) is 5.09. The molecular weight excluding hydrogens is 285 g/mol. The predicted octanol–water partition coefficient (Wildman–Crippen LogP) is 3.20. The highest BCUT2D eigenvalue weighted by Crippen LogP contribution is 2.23. The number of anilines is 1. The van der Waals surface area contributed by atoms with Gasteiger partial charge in [0.1, 0.15) is 10.8 Å². The van der Waals surface area contributed by atoms with Gasteiger partial charge in [-0.25, -0.2) is 4.98 Å².